The molecule has 6 nitrogen and oxygen atoms in total. The van der Waals surface area contributed by atoms with Gasteiger partial charge in [-0.1, -0.05) is 12.1 Å². The van der Waals surface area contributed by atoms with Gasteiger partial charge in [0.1, 0.15) is 6.61 Å². The first kappa shape index (κ1) is 16.1. The van der Waals surface area contributed by atoms with Gasteiger partial charge < -0.3 is 21.1 Å². The van der Waals surface area contributed by atoms with Crippen molar-refractivity contribution in [2.75, 3.05) is 31.6 Å². The summed E-state index contributed by atoms with van der Waals surface area (Å²) in [5, 5.41) is 5.44. The first-order valence-electron chi connectivity index (χ1n) is 6.59. The maximum absolute atomic E-state index is 11.5. The predicted molar refractivity (Wildman–Crippen MR) is 77.3 cm³/mol. The molecule has 0 atom stereocenters. The summed E-state index contributed by atoms with van der Waals surface area (Å²) >= 11 is 0. The quantitative estimate of drug-likeness (QED) is 0.596. The lowest BCUT2D eigenvalue weighted by molar-refractivity contribution is -0.121. The third-order valence-corrected chi connectivity index (χ3v) is 2.47. The van der Waals surface area contributed by atoms with Crippen molar-refractivity contribution in [1.82, 2.24) is 5.32 Å². The number of nitrogens with one attached hydrogen (secondary N) is 2. The molecule has 110 valence electrons. The molecule has 0 unspecified atom stereocenters. The number of nitrogens with two attached hydrogens (primary N) is 1. The van der Waals surface area contributed by atoms with Gasteiger partial charge in [-0.2, -0.15) is 0 Å². The fraction of sp³-hybridized carbons (Fsp3) is 0.429. The molecular weight excluding hydrogens is 258 g/mol. The molecule has 1 aromatic carbocycles. The average molecular weight is 279 g/mol. The number of ether oxygens (including phenoxy) is 1. The number of anilines is 1. The van der Waals surface area contributed by atoms with E-state index >= 15 is 0 Å². The summed E-state index contributed by atoms with van der Waals surface area (Å²) in [6, 6.07) is 7.14. The molecule has 0 fully saturated rings. The van der Waals surface area contributed by atoms with Gasteiger partial charge in [0, 0.05) is 18.8 Å². The molecule has 4 N–H and O–H groups in total. The molecule has 0 saturated heterocycles. The van der Waals surface area contributed by atoms with Gasteiger partial charge in [-0.05, 0) is 24.6 Å². The highest BCUT2D eigenvalue weighted by Gasteiger charge is 2.04. The lowest BCUT2D eigenvalue weighted by Crippen LogP contribution is -2.24. The largest absolute Gasteiger partial charge is 0.370 e. The summed E-state index contributed by atoms with van der Waals surface area (Å²) in [7, 11) is 0. The Morgan fingerprint density at radius 2 is 1.90 bits per heavy atom. The fourth-order valence-corrected chi connectivity index (χ4v) is 1.60. The smallest absolute Gasteiger partial charge is 0.250 e. The third-order valence-electron chi connectivity index (χ3n) is 2.47. The molecule has 0 aliphatic carbocycles. The molecule has 0 aliphatic rings. The molecule has 0 bridgehead atoms. The Morgan fingerprint density at radius 1 is 1.20 bits per heavy atom. The third kappa shape index (κ3) is 6.31. The van der Waals surface area contributed by atoms with Crippen LogP contribution in [0, 0.1) is 0 Å². The highest BCUT2D eigenvalue weighted by Crippen LogP contribution is 2.10. The van der Waals surface area contributed by atoms with E-state index in [4.69, 9.17) is 10.5 Å². The number of amides is 2. The van der Waals surface area contributed by atoms with Crippen LogP contribution in [0.15, 0.2) is 24.3 Å². The monoisotopic (exact) mass is 279 g/mol. The minimum Gasteiger partial charge on any atom is -0.370 e. The van der Waals surface area contributed by atoms with E-state index in [2.05, 4.69) is 10.6 Å². The van der Waals surface area contributed by atoms with Gasteiger partial charge in [-0.3, -0.25) is 9.59 Å². The van der Waals surface area contributed by atoms with Crippen LogP contribution in [-0.2, 0) is 20.7 Å². The van der Waals surface area contributed by atoms with Gasteiger partial charge >= 0.3 is 0 Å². The van der Waals surface area contributed by atoms with Crippen LogP contribution in [0.2, 0.25) is 0 Å². The SMILES string of the molecule is CCNC(=O)Cc1ccc(NC(=O)COCCN)cc1. The van der Waals surface area contributed by atoms with Gasteiger partial charge in [-0.15, -0.1) is 0 Å². The molecule has 0 saturated carbocycles. The van der Waals surface area contributed by atoms with E-state index in [1.54, 1.807) is 12.1 Å². The molecule has 2 amide bonds. The van der Waals surface area contributed by atoms with Gasteiger partial charge in [0.05, 0.1) is 13.0 Å². The van der Waals surface area contributed by atoms with Crippen LogP contribution in [0.3, 0.4) is 0 Å². The summed E-state index contributed by atoms with van der Waals surface area (Å²) in [4.78, 5) is 22.9. The minimum absolute atomic E-state index is 0.0144. The normalized spacial score (nSPS) is 10.1. The van der Waals surface area contributed by atoms with Crippen molar-refractivity contribution >= 4 is 17.5 Å². The number of carbonyl (C=O) groups excluding carboxylic acids is 2. The molecule has 0 spiro atoms. The zero-order chi connectivity index (χ0) is 14.8. The Labute approximate surface area is 118 Å². The molecular formula is C14H21N3O3. The van der Waals surface area contributed by atoms with Gasteiger partial charge in [0.15, 0.2) is 0 Å². The van der Waals surface area contributed by atoms with Gasteiger partial charge in [0.25, 0.3) is 0 Å². The Kier molecular flexibility index (Phi) is 7.31. The van der Waals surface area contributed by atoms with E-state index in [0.29, 0.717) is 31.8 Å². The first-order chi connectivity index (χ1) is 9.65. The second kappa shape index (κ2) is 9.06. The van der Waals surface area contributed by atoms with Crippen LogP contribution in [0.25, 0.3) is 0 Å². The van der Waals surface area contributed by atoms with Crippen LogP contribution in [0.1, 0.15) is 12.5 Å². The van der Waals surface area contributed by atoms with Crippen molar-refractivity contribution in [3.63, 3.8) is 0 Å². The topological polar surface area (TPSA) is 93.5 Å². The van der Waals surface area contributed by atoms with Crippen LogP contribution in [0.4, 0.5) is 5.69 Å². The molecule has 0 aromatic heterocycles. The van der Waals surface area contributed by atoms with Crippen LogP contribution in [-0.4, -0.2) is 38.1 Å². The Balaban J connectivity index is 2.42. The molecule has 1 aromatic rings. The lowest BCUT2D eigenvalue weighted by atomic mass is 10.1. The molecule has 0 radical (unpaired) electrons. The second-order valence-corrected chi connectivity index (χ2v) is 4.22. The maximum Gasteiger partial charge on any atom is 0.250 e. The summed E-state index contributed by atoms with van der Waals surface area (Å²) in [6.45, 7) is 3.23. The second-order valence-electron chi connectivity index (χ2n) is 4.22. The number of carbonyl (C=O) groups is 2. The molecule has 6 heteroatoms. The maximum atomic E-state index is 11.5. The van der Waals surface area contributed by atoms with Crippen LogP contribution >= 0.6 is 0 Å². The highest BCUT2D eigenvalue weighted by atomic mass is 16.5. The van der Waals surface area contributed by atoms with Gasteiger partial charge in [-0.25, -0.2) is 0 Å². The Hall–Kier alpha value is -1.92. The Morgan fingerprint density at radius 3 is 2.50 bits per heavy atom. The first-order valence-corrected chi connectivity index (χ1v) is 6.59. The van der Waals surface area contributed by atoms with E-state index in [1.165, 1.54) is 0 Å². The van der Waals surface area contributed by atoms with Crippen molar-refractivity contribution in [1.29, 1.82) is 0 Å². The van der Waals surface area contributed by atoms with Crippen molar-refractivity contribution in [3.05, 3.63) is 29.8 Å². The Bertz CT molecular complexity index is 432. The van der Waals surface area contributed by atoms with Crippen molar-refractivity contribution in [2.45, 2.75) is 13.3 Å². The minimum atomic E-state index is -0.227. The number of hydrogen-bond acceptors (Lipinski definition) is 4. The van der Waals surface area contributed by atoms with E-state index in [0.717, 1.165) is 5.56 Å². The molecule has 0 aliphatic heterocycles. The van der Waals surface area contributed by atoms with Gasteiger partial charge in [0.2, 0.25) is 11.8 Å². The van der Waals surface area contributed by atoms with Crippen molar-refractivity contribution in [3.8, 4) is 0 Å². The number of benzene rings is 1. The summed E-state index contributed by atoms with van der Waals surface area (Å²) in [6.07, 6.45) is 0.335. The number of likely N-dealkylation sites (N-methyl/N-ethyl adjacent to an activating group) is 1. The zero-order valence-corrected chi connectivity index (χ0v) is 11.6. The summed E-state index contributed by atoms with van der Waals surface area (Å²) in [5.74, 6) is -0.241. The van der Waals surface area contributed by atoms with E-state index in [-0.39, 0.29) is 18.4 Å². The molecule has 0 heterocycles. The van der Waals surface area contributed by atoms with Crippen LogP contribution in [0.5, 0.6) is 0 Å². The number of rotatable bonds is 8. The van der Waals surface area contributed by atoms with E-state index in [1.807, 2.05) is 19.1 Å². The number of hydrogen-bond donors (Lipinski definition) is 3. The lowest BCUT2D eigenvalue weighted by Gasteiger charge is -2.07. The fourth-order valence-electron chi connectivity index (χ4n) is 1.60. The van der Waals surface area contributed by atoms with E-state index < -0.39 is 0 Å². The van der Waals surface area contributed by atoms with Crippen molar-refractivity contribution < 1.29 is 14.3 Å². The average Bonchev–Trinajstić information content (AvgIpc) is 2.41. The zero-order valence-electron chi connectivity index (χ0n) is 11.6. The predicted octanol–water partition coefficient (Wildman–Crippen LogP) is 0.279. The standard InChI is InChI=1S/C14H21N3O3/c1-2-16-13(18)9-11-3-5-12(6-4-11)17-14(19)10-20-8-7-15/h3-6H,2,7-10,15H2,1H3,(H,16,18)(H,17,19). The van der Waals surface area contributed by atoms with E-state index in [9.17, 15) is 9.59 Å². The summed E-state index contributed by atoms with van der Waals surface area (Å²) in [5.41, 5.74) is 6.82. The van der Waals surface area contributed by atoms with Crippen LogP contribution < -0.4 is 16.4 Å². The van der Waals surface area contributed by atoms with Crippen molar-refractivity contribution in [2.24, 2.45) is 5.73 Å². The summed E-state index contributed by atoms with van der Waals surface area (Å²) < 4.78 is 5.03. The molecule has 1 rings (SSSR count). The highest BCUT2D eigenvalue weighted by molar-refractivity contribution is 5.91. The molecule has 20 heavy (non-hydrogen) atoms.